The van der Waals surface area contributed by atoms with Gasteiger partial charge in [0, 0.05) is 20.6 Å². The van der Waals surface area contributed by atoms with Gasteiger partial charge in [0.1, 0.15) is 0 Å². The van der Waals surface area contributed by atoms with Crippen LogP contribution in [0.1, 0.15) is 5.56 Å². The van der Waals surface area contributed by atoms with Gasteiger partial charge in [-0.15, -0.1) is 0 Å². The molecule has 0 aliphatic rings. The molecule has 5 nitrogen and oxygen atoms in total. The van der Waals surface area contributed by atoms with Crippen molar-refractivity contribution in [1.82, 2.24) is 15.5 Å². The van der Waals surface area contributed by atoms with Crippen LogP contribution in [0, 0.1) is 0 Å². The van der Waals surface area contributed by atoms with Crippen LogP contribution in [0.25, 0.3) is 0 Å². The Labute approximate surface area is 128 Å². The standard InChI is InChI=1S/C13H17Cl2N3O2/c1-16-12(19)6-17-7-13(20)18(2)8-9-3-4-10(14)11(15)5-9/h3-5,17H,6-8H2,1-2H3,(H,16,19). The molecule has 0 fully saturated rings. The lowest BCUT2D eigenvalue weighted by Gasteiger charge is -2.17. The van der Waals surface area contributed by atoms with E-state index in [0.717, 1.165) is 5.56 Å². The van der Waals surface area contributed by atoms with Crippen molar-refractivity contribution in [3.8, 4) is 0 Å². The average molecular weight is 318 g/mol. The van der Waals surface area contributed by atoms with Crippen LogP contribution in [0.15, 0.2) is 18.2 Å². The molecule has 0 atom stereocenters. The predicted octanol–water partition coefficient (Wildman–Crippen LogP) is 1.29. The van der Waals surface area contributed by atoms with Gasteiger partial charge in [-0.3, -0.25) is 14.9 Å². The molecule has 0 spiro atoms. The fourth-order valence-corrected chi connectivity index (χ4v) is 1.83. The van der Waals surface area contributed by atoms with Gasteiger partial charge in [0.15, 0.2) is 0 Å². The maximum atomic E-state index is 11.8. The number of likely N-dealkylation sites (N-methyl/N-ethyl adjacent to an activating group) is 2. The predicted molar refractivity (Wildman–Crippen MR) is 79.9 cm³/mol. The minimum Gasteiger partial charge on any atom is -0.358 e. The smallest absolute Gasteiger partial charge is 0.236 e. The van der Waals surface area contributed by atoms with Crippen molar-refractivity contribution in [1.29, 1.82) is 0 Å². The molecule has 1 rings (SSSR count). The first kappa shape index (κ1) is 16.8. The molecule has 7 heteroatoms. The number of benzene rings is 1. The molecule has 1 aromatic rings. The van der Waals surface area contributed by atoms with Crippen LogP contribution in [0.5, 0.6) is 0 Å². The number of halogens is 2. The zero-order chi connectivity index (χ0) is 15.1. The molecule has 1 aromatic carbocycles. The largest absolute Gasteiger partial charge is 0.358 e. The highest BCUT2D eigenvalue weighted by molar-refractivity contribution is 6.42. The van der Waals surface area contributed by atoms with Crippen molar-refractivity contribution in [2.24, 2.45) is 0 Å². The maximum absolute atomic E-state index is 11.8. The molecule has 2 amide bonds. The summed E-state index contributed by atoms with van der Waals surface area (Å²) in [6.07, 6.45) is 0. The van der Waals surface area contributed by atoms with Crippen molar-refractivity contribution < 1.29 is 9.59 Å². The van der Waals surface area contributed by atoms with Crippen LogP contribution in [0.4, 0.5) is 0 Å². The van der Waals surface area contributed by atoms with Crippen LogP contribution in [0.3, 0.4) is 0 Å². The van der Waals surface area contributed by atoms with E-state index in [-0.39, 0.29) is 24.9 Å². The van der Waals surface area contributed by atoms with Gasteiger partial charge in [-0.1, -0.05) is 29.3 Å². The summed E-state index contributed by atoms with van der Waals surface area (Å²) >= 11 is 11.8. The van der Waals surface area contributed by atoms with E-state index >= 15 is 0 Å². The third-order valence-corrected chi connectivity index (χ3v) is 3.41. The van der Waals surface area contributed by atoms with Crippen molar-refractivity contribution in [3.63, 3.8) is 0 Å². The lowest BCUT2D eigenvalue weighted by molar-refractivity contribution is -0.129. The summed E-state index contributed by atoms with van der Waals surface area (Å²) in [7, 11) is 3.23. The van der Waals surface area contributed by atoms with Crippen LogP contribution in [-0.4, -0.2) is 43.9 Å². The number of hydrogen-bond donors (Lipinski definition) is 2. The number of amides is 2. The molecule has 0 saturated heterocycles. The van der Waals surface area contributed by atoms with Crippen molar-refractivity contribution in [2.45, 2.75) is 6.54 Å². The summed E-state index contributed by atoms with van der Waals surface area (Å²) in [6, 6.07) is 5.24. The van der Waals surface area contributed by atoms with E-state index in [4.69, 9.17) is 23.2 Å². The zero-order valence-electron chi connectivity index (χ0n) is 11.4. The Hall–Kier alpha value is -1.30. The minimum atomic E-state index is -0.162. The highest BCUT2D eigenvalue weighted by Gasteiger charge is 2.10. The van der Waals surface area contributed by atoms with Crippen LogP contribution >= 0.6 is 23.2 Å². The molecule has 0 aliphatic carbocycles. The SMILES string of the molecule is CNC(=O)CNCC(=O)N(C)Cc1ccc(Cl)c(Cl)c1. The second-order valence-electron chi connectivity index (χ2n) is 4.27. The van der Waals surface area contributed by atoms with Gasteiger partial charge in [-0.25, -0.2) is 0 Å². The highest BCUT2D eigenvalue weighted by Crippen LogP contribution is 2.23. The Balaban J connectivity index is 2.45. The molecule has 0 bridgehead atoms. The molecule has 0 aliphatic heterocycles. The summed E-state index contributed by atoms with van der Waals surface area (Å²) in [5.74, 6) is -0.273. The molecule has 0 heterocycles. The highest BCUT2D eigenvalue weighted by atomic mass is 35.5. The van der Waals surface area contributed by atoms with Crippen LogP contribution in [-0.2, 0) is 16.1 Å². The quantitative estimate of drug-likeness (QED) is 0.831. The van der Waals surface area contributed by atoms with Gasteiger partial charge in [0.25, 0.3) is 0 Å². The zero-order valence-corrected chi connectivity index (χ0v) is 12.9. The molecule has 0 unspecified atom stereocenters. The number of nitrogens with zero attached hydrogens (tertiary/aromatic N) is 1. The molecule has 20 heavy (non-hydrogen) atoms. The maximum Gasteiger partial charge on any atom is 0.236 e. The monoisotopic (exact) mass is 317 g/mol. The summed E-state index contributed by atoms with van der Waals surface area (Å²) in [5, 5.41) is 6.18. The van der Waals surface area contributed by atoms with Crippen LogP contribution < -0.4 is 10.6 Å². The minimum absolute atomic E-state index is 0.102. The van der Waals surface area contributed by atoms with E-state index in [1.54, 1.807) is 31.1 Å². The van der Waals surface area contributed by atoms with Gasteiger partial charge < -0.3 is 10.2 Å². The Morgan fingerprint density at radius 2 is 1.90 bits per heavy atom. The fraction of sp³-hybridized carbons (Fsp3) is 0.385. The normalized spacial score (nSPS) is 10.2. The first-order valence-electron chi connectivity index (χ1n) is 6.03. The van der Waals surface area contributed by atoms with Gasteiger partial charge >= 0.3 is 0 Å². The van der Waals surface area contributed by atoms with Gasteiger partial charge in [-0.05, 0) is 17.7 Å². The lowest BCUT2D eigenvalue weighted by Crippen LogP contribution is -2.39. The summed E-state index contributed by atoms with van der Waals surface area (Å²) in [5.41, 5.74) is 0.890. The third kappa shape index (κ3) is 5.36. The Morgan fingerprint density at radius 3 is 2.50 bits per heavy atom. The fourth-order valence-electron chi connectivity index (χ4n) is 1.51. The van der Waals surface area contributed by atoms with Gasteiger partial charge in [0.05, 0.1) is 23.1 Å². The van der Waals surface area contributed by atoms with E-state index < -0.39 is 0 Å². The first-order valence-corrected chi connectivity index (χ1v) is 6.78. The van der Waals surface area contributed by atoms with E-state index in [2.05, 4.69) is 10.6 Å². The second kappa shape index (κ2) is 8.09. The van der Waals surface area contributed by atoms with E-state index in [1.165, 1.54) is 0 Å². The molecule has 0 aromatic heterocycles. The Kier molecular flexibility index (Phi) is 6.78. The Bertz CT molecular complexity index is 495. The van der Waals surface area contributed by atoms with Crippen molar-refractivity contribution >= 4 is 35.0 Å². The van der Waals surface area contributed by atoms with Gasteiger partial charge in [-0.2, -0.15) is 0 Å². The molecule has 0 radical (unpaired) electrons. The number of carbonyl (C=O) groups excluding carboxylic acids is 2. The summed E-state index contributed by atoms with van der Waals surface area (Å²) in [4.78, 5) is 24.4. The topological polar surface area (TPSA) is 61.4 Å². The molecule has 0 saturated carbocycles. The second-order valence-corrected chi connectivity index (χ2v) is 5.09. The number of rotatable bonds is 6. The van der Waals surface area contributed by atoms with E-state index in [9.17, 15) is 9.59 Å². The third-order valence-electron chi connectivity index (χ3n) is 2.67. The van der Waals surface area contributed by atoms with Crippen LogP contribution in [0.2, 0.25) is 10.0 Å². The summed E-state index contributed by atoms with van der Waals surface area (Å²) in [6.45, 7) is 0.644. The number of carbonyl (C=O) groups is 2. The molecular formula is C13H17Cl2N3O2. The van der Waals surface area contributed by atoms with Crippen molar-refractivity contribution in [2.75, 3.05) is 27.2 Å². The number of hydrogen-bond acceptors (Lipinski definition) is 3. The Morgan fingerprint density at radius 1 is 1.20 bits per heavy atom. The first-order chi connectivity index (χ1) is 9.43. The average Bonchev–Trinajstić information content (AvgIpc) is 2.42. The number of nitrogens with one attached hydrogen (secondary N) is 2. The van der Waals surface area contributed by atoms with E-state index in [0.29, 0.717) is 16.6 Å². The van der Waals surface area contributed by atoms with E-state index in [1.807, 2.05) is 6.07 Å². The molecular weight excluding hydrogens is 301 g/mol. The lowest BCUT2D eigenvalue weighted by atomic mass is 10.2. The summed E-state index contributed by atoms with van der Waals surface area (Å²) < 4.78 is 0. The van der Waals surface area contributed by atoms with Gasteiger partial charge in [0.2, 0.25) is 11.8 Å². The molecule has 2 N–H and O–H groups in total. The molecule has 110 valence electrons. The van der Waals surface area contributed by atoms with Crippen molar-refractivity contribution in [3.05, 3.63) is 33.8 Å².